The van der Waals surface area contributed by atoms with Gasteiger partial charge in [-0.3, -0.25) is 9.78 Å². The highest BCUT2D eigenvalue weighted by Crippen LogP contribution is 2.38. The van der Waals surface area contributed by atoms with Crippen molar-refractivity contribution in [3.05, 3.63) is 77.4 Å². The molecule has 1 aliphatic heterocycles. The van der Waals surface area contributed by atoms with E-state index in [0.29, 0.717) is 10.7 Å². The molecule has 1 fully saturated rings. The molecule has 33 heavy (non-hydrogen) atoms. The lowest BCUT2D eigenvalue weighted by Gasteiger charge is -2.19. The fourth-order valence-corrected chi connectivity index (χ4v) is 4.25. The molecule has 170 valence electrons. The standard InChI is InChI=1S/C23H17ClF3N3O2S/c1-13(15-10-11-28-19(12-15)14-2-4-16(24)5-3-14)20-21(31)30(22(32)29-20)17-6-8-18(9-7-17)33-23(25,26)27/h2-13,20H,1H3,(H,29,32). The molecule has 3 aromatic rings. The molecule has 1 N–H and O–H groups in total. The third kappa shape index (κ3) is 5.15. The number of amides is 3. The van der Waals surface area contributed by atoms with Crippen LogP contribution in [0.4, 0.5) is 23.7 Å². The number of halogens is 4. The van der Waals surface area contributed by atoms with Gasteiger partial charge >= 0.3 is 11.5 Å². The second-order valence-corrected chi connectivity index (χ2v) is 8.99. The number of aromatic nitrogens is 1. The summed E-state index contributed by atoms with van der Waals surface area (Å²) in [4.78, 5) is 30.9. The number of imide groups is 1. The zero-order valence-corrected chi connectivity index (χ0v) is 18.7. The van der Waals surface area contributed by atoms with Gasteiger partial charge in [0.1, 0.15) is 6.04 Å². The number of carbonyl (C=O) groups is 2. The third-order valence-corrected chi connectivity index (χ3v) is 6.24. The molecule has 1 aliphatic rings. The lowest BCUT2D eigenvalue weighted by molar-refractivity contribution is -0.118. The van der Waals surface area contributed by atoms with Crippen LogP contribution in [0.5, 0.6) is 0 Å². The molecule has 2 atom stereocenters. The van der Waals surface area contributed by atoms with Gasteiger partial charge in [0.25, 0.3) is 5.91 Å². The van der Waals surface area contributed by atoms with Gasteiger partial charge < -0.3 is 5.32 Å². The number of pyridine rings is 1. The number of hydrogen-bond donors (Lipinski definition) is 1. The van der Waals surface area contributed by atoms with Crippen LogP contribution in [0.2, 0.25) is 5.02 Å². The van der Waals surface area contributed by atoms with E-state index in [0.717, 1.165) is 16.0 Å². The van der Waals surface area contributed by atoms with Gasteiger partial charge in [-0.1, -0.05) is 30.7 Å². The van der Waals surface area contributed by atoms with Crippen molar-refractivity contribution in [1.29, 1.82) is 0 Å². The number of anilines is 1. The van der Waals surface area contributed by atoms with E-state index in [-0.39, 0.29) is 28.3 Å². The van der Waals surface area contributed by atoms with E-state index in [1.807, 2.05) is 25.1 Å². The van der Waals surface area contributed by atoms with E-state index in [4.69, 9.17) is 11.6 Å². The minimum absolute atomic E-state index is 0.0327. The molecule has 0 bridgehead atoms. The van der Waals surface area contributed by atoms with E-state index >= 15 is 0 Å². The molecule has 5 nitrogen and oxygen atoms in total. The fraction of sp³-hybridized carbons (Fsp3) is 0.174. The van der Waals surface area contributed by atoms with Crippen LogP contribution in [-0.4, -0.2) is 28.5 Å². The second kappa shape index (κ2) is 9.07. The number of alkyl halides is 3. The Morgan fingerprint density at radius 3 is 2.36 bits per heavy atom. The van der Waals surface area contributed by atoms with Crippen molar-refractivity contribution in [2.24, 2.45) is 0 Å². The monoisotopic (exact) mass is 491 g/mol. The Bertz CT molecular complexity index is 1190. The quantitative estimate of drug-likeness (QED) is 0.339. The van der Waals surface area contributed by atoms with E-state index < -0.39 is 23.5 Å². The van der Waals surface area contributed by atoms with Crippen LogP contribution in [0.1, 0.15) is 18.4 Å². The molecule has 10 heteroatoms. The molecule has 4 rings (SSSR count). The number of thioether (sulfide) groups is 1. The zero-order valence-electron chi connectivity index (χ0n) is 17.1. The summed E-state index contributed by atoms with van der Waals surface area (Å²) in [6.07, 6.45) is 1.63. The van der Waals surface area contributed by atoms with Gasteiger partial charge in [0.2, 0.25) is 0 Å². The van der Waals surface area contributed by atoms with Crippen molar-refractivity contribution in [3.63, 3.8) is 0 Å². The molecular weight excluding hydrogens is 475 g/mol. The fourth-order valence-electron chi connectivity index (χ4n) is 3.58. The predicted molar refractivity (Wildman–Crippen MR) is 121 cm³/mol. The number of carbonyl (C=O) groups excluding carboxylic acids is 2. The predicted octanol–water partition coefficient (Wildman–Crippen LogP) is 6.24. The molecule has 0 spiro atoms. The first-order valence-corrected chi connectivity index (χ1v) is 11.0. The molecule has 2 aromatic carbocycles. The van der Waals surface area contributed by atoms with Crippen molar-refractivity contribution in [2.75, 3.05) is 4.90 Å². The topological polar surface area (TPSA) is 62.3 Å². The maximum Gasteiger partial charge on any atom is 0.446 e. The van der Waals surface area contributed by atoms with Crippen molar-refractivity contribution in [2.45, 2.75) is 29.3 Å². The van der Waals surface area contributed by atoms with Gasteiger partial charge in [0.15, 0.2) is 0 Å². The number of urea groups is 1. The first-order valence-electron chi connectivity index (χ1n) is 9.84. The van der Waals surface area contributed by atoms with Crippen molar-refractivity contribution >= 4 is 41.0 Å². The Hall–Kier alpha value is -3.04. The molecule has 3 amide bonds. The molecule has 0 saturated carbocycles. The van der Waals surface area contributed by atoms with Crippen LogP contribution in [0, 0.1) is 0 Å². The van der Waals surface area contributed by atoms with Crippen molar-refractivity contribution < 1.29 is 22.8 Å². The minimum atomic E-state index is -4.42. The van der Waals surface area contributed by atoms with Gasteiger partial charge in [-0.15, -0.1) is 0 Å². The first-order chi connectivity index (χ1) is 15.6. The highest BCUT2D eigenvalue weighted by molar-refractivity contribution is 8.00. The van der Waals surface area contributed by atoms with Crippen LogP contribution in [0.25, 0.3) is 11.3 Å². The molecule has 0 aliphatic carbocycles. The summed E-state index contributed by atoms with van der Waals surface area (Å²) in [5, 5.41) is 3.29. The van der Waals surface area contributed by atoms with Crippen LogP contribution < -0.4 is 10.2 Å². The van der Waals surface area contributed by atoms with E-state index in [1.165, 1.54) is 24.3 Å². The number of nitrogens with zero attached hydrogens (tertiary/aromatic N) is 2. The molecular formula is C23H17ClF3N3O2S. The maximum atomic E-state index is 13.1. The van der Waals surface area contributed by atoms with Crippen molar-refractivity contribution in [1.82, 2.24) is 10.3 Å². The Labute approximate surface area is 197 Å². The summed E-state index contributed by atoms with van der Waals surface area (Å²) < 4.78 is 37.6. The number of benzene rings is 2. The highest BCUT2D eigenvalue weighted by atomic mass is 35.5. The van der Waals surface area contributed by atoms with Gasteiger partial charge in [0.05, 0.1) is 11.4 Å². The Balaban J connectivity index is 1.54. The second-order valence-electron chi connectivity index (χ2n) is 7.41. The summed E-state index contributed by atoms with van der Waals surface area (Å²) >= 11 is 5.68. The van der Waals surface area contributed by atoms with E-state index in [1.54, 1.807) is 24.4 Å². The lowest BCUT2D eigenvalue weighted by Crippen LogP contribution is -2.34. The molecule has 2 unspecified atom stereocenters. The summed E-state index contributed by atoms with van der Waals surface area (Å²) in [6.45, 7) is 1.82. The Morgan fingerprint density at radius 1 is 1.06 bits per heavy atom. The number of hydrogen-bond acceptors (Lipinski definition) is 4. The average molecular weight is 492 g/mol. The summed E-state index contributed by atoms with van der Waals surface area (Å²) in [5.41, 5.74) is -1.86. The van der Waals surface area contributed by atoms with Gasteiger partial charge in [0, 0.05) is 27.6 Å². The maximum absolute atomic E-state index is 13.1. The Morgan fingerprint density at radius 2 is 1.73 bits per heavy atom. The van der Waals surface area contributed by atoms with Gasteiger partial charge in [-0.2, -0.15) is 13.2 Å². The third-order valence-electron chi connectivity index (χ3n) is 5.25. The first kappa shape index (κ1) is 23.1. The van der Waals surface area contributed by atoms with Gasteiger partial charge in [-0.05, 0) is 65.9 Å². The molecule has 2 heterocycles. The average Bonchev–Trinajstić information content (AvgIpc) is 3.07. The lowest BCUT2D eigenvalue weighted by atomic mass is 9.92. The SMILES string of the molecule is CC(c1ccnc(-c2ccc(Cl)cc2)c1)C1NC(=O)N(c2ccc(SC(F)(F)F)cc2)C1=O. The summed E-state index contributed by atoms with van der Waals surface area (Å²) in [7, 11) is 0. The van der Waals surface area contributed by atoms with Crippen LogP contribution in [0.15, 0.2) is 71.8 Å². The van der Waals surface area contributed by atoms with Crippen LogP contribution >= 0.6 is 23.4 Å². The van der Waals surface area contributed by atoms with E-state index in [9.17, 15) is 22.8 Å². The highest BCUT2D eigenvalue weighted by Gasteiger charge is 2.42. The number of rotatable bonds is 5. The minimum Gasteiger partial charge on any atom is -0.325 e. The zero-order chi connectivity index (χ0) is 23.8. The molecule has 1 aromatic heterocycles. The van der Waals surface area contributed by atoms with Crippen LogP contribution in [0.3, 0.4) is 0 Å². The molecule has 1 saturated heterocycles. The van der Waals surface area contributed by atoms with Crippen molar-refractivity contribution in [3.8, 4) is 11.3 Å². The summed E-state index contributed by atoms with van der Waals surface area (Å²) in [5.74, 6) is -0.853. The van der Waals surface area contributed by atoms with Gasteiger partial charge in [-0.25, -0.2) is 9.69 Å². The number of nitrogens with one attached hydrogen (secondary N) is 1. The Kier molecular flexibility index (Phi) is 6.36. The normalized spacial score (nSPS) is 17.2. The van der Waals surface area contributed by atoms with E-state index in [2.05, 4.69) is 10.3 Å². The molecule has 0 radical (unpaired) electrons. The largest absolute Gasteiger partial charge is 0.446 e. The smallest absolute Gasteiger partial charge is 0.325 e. The van der Waals surface area contributed by atoms with Crippen LogP contribution in [-0.2, 0) is 4.79 Å². The summed E-state index contributed by atoms with van der Waals surface area (Å²) in [6, 6.07) is 14.5.